The summed E-state index contributed by atoms with van der Waals surface area (Å²) in [5.41, 5.74) is -0.123. The highest BCUT2D eigenvalue weighted by Gasteiger charge is 2.34. The maximum Gasteiger partial charge on any atom is 0.419 e. The van der Waals surface area contributed by atoms with Crippen LogP contribution in [0.3, 0.4) is 0 Å². The molecule has 1 aromatic rings. The summed E-state index contributed by atoms with van der Waals surface area (Å²) in [4.78, 5) is 4.96. The number of rotatable bonds is 1. The second kappa shape index (κ2) is 4.42. The van der Waals surface area contributed by atoms with Gasteiger partial charge in [0.15, 0.2) is 0 Å². The highest BCUT2D eigenvalue weighted by Crippen LogP contribution is 2.42. The molecule has 0 saturated carbocycles. The van der Waals surface area contributed by atoms with E-state index in [2.05, 4.69) is 11.6 Å². The summed E-state index contributed by atoms with van der Waals surface area (Å²) in [7, 11) is 0. The molecule has 0 spiro atoms. The summed E-state index contributed by atoms with van der Waals surface area (Å²) >= 11 is 1.30. The van der Waals surface area contributed by atoms with Gasteiger partial charge in [-0.1, -0.05) is 24.4 Å². The first-order valence-electron chi connectivity index (χ1n) is 5.06. The highest BCUT2D eigenvalue weighted by molar-refractivity contribution is 8.04. The van der Waals surface area contributed by atoms with Crippen molar-refractivity contribution >= 4 is 17.5 Å². The zero-order chi connectivity index (χ0) is 13.5. The van der Waals surface area contributed by atoms with Crippen molar-refractivity contribution in [2.75, 3.05) is 0 Å². The van der Waals surface area contributed by atoms with E-state index in [0.717, 1.165) is 22.7 Å². The first-order chi connectivity index (χ1) is 8.29. The van der Waals surface area contributed by atoms with Crippen LogP contribution < -0.4 is 0 Å². The molecule has 1 aliphatic rings. The molecule has 1 unspecified atom stereocenters. The van der Waals surface area contributed by atoms with Crippen LogP contribution in [0.5, 0.6) is 0 Å². The average molecular weight is 275 g/mol. The highest BCUT2D eigenvalue weighted by atomic mass is 32.2. The molecule has 0 aliphatic carbocycles. The van der Waals surface area contributed by atoms with Crippen LogP contribution in [-0.2, 0) is 6.18 Å². The quantitative estimate of drug-likeness (QED) is 0.684. The van der Waals surface area contributed by atoms with Gasteiger partial charge in [-0.15, -0.1) is 0 Å². The molecule has 0 bridgehead atoms. The van der Waals surface area contributed by atoms with Crippen molar-refractivity contribution in [2.24, 2.45) is 4.99 Å². The minimum absolute atomic E-state index is 0.406. The molecule has 2 rings (SSSR count). The van der Waals surface area contributed by atoms with Crippen LogP contribution in [0, 0.1) is 5.82 Å². The number of hydrogen-bond acceptors (Lipinski definition) is 2. The van der Waals surface area contributed by atoms with Crippen LogP contribution >= 0.6 is 11.8 Å². The van der Waals surface area contributed by atoms with Gasteiger partial charge in [0.2, 0.25) is 0 Å². The van der Waals surface area contributed by atoms with Crippen LogP contribution in [0.4, 0.5) is 17.6 Å². The molecule has 18 heavy (non-hydrogen) atoms. The lowest BCUT2D eigenvalue weighted by Crippen LogP contribution is -2.08. The fourth-order valence-corrected chi connectivity index (χ4v) is 2.54. The average Bonchev–Trinajstić information content (AvgIpc) is 2.57. The van der Waals surface area contributed by atoms with Crippen molar-refractivity contribution in [3.05, 3.63) is 46.6 Å². The Morgan fingerprint density at radius 2 is 2.00 bits per heavy atom. The minimum Gasteiger partial charge on any atom is -0.270 e. The van der Waals surface area contributed by atoms with Gasteiger partial charge in [0.25, 0.3) is 0 Å². The van der Waals surface area contributed by atoms with Crippen molar-refractivity contribution in [3.63, 3.8) is 0 Å². The molecule has 0 N–H and O–H groups in total. The summed E-state index contributed by atoms with van der Waals surface area (Å²) in [6, 6.07) is 2.88. The van der Waals surface area contributed by atoms with Crippen LogP contribution in [-0.4, -0.2) is 5.71 Å². The largest absolute Gasteiger partial charge is 0.419 e. The molecule has 6 heteroatoms. The Hall–Kier alpha value is -1.30. The Kier molecular flexibility index (Phi) is 3.23. The van der Waals surface area contributed by atoms with Crippen LogP contribution in [0.15, 0.2) is 34.7 Å². The molecule has 0 aromatic heterocycles. The SMILES string of the molecule is C=C1SC(c2ccc(C(F)(F)F)c(F)c2)N=C1C. The van der Waals surface area contributed by atoms with Crippen LogP contribution in [0.25, 0.3) is 0 Å². The Morgan fingerprint density at radius 1 is 1.33 bits per heavy atom. The molecule has 0 radical (unpaired) electrons. The third-order valence-corrected chi connectivity index (χ3v) is 3.73. The molecule has 1 atom stereocenters. The second-order valence-electron chi connectivity index (χ2n) is 3.84. The first-order valence-corrected chi connectivity index (χ1v) is 5.94. The lowest BCUT2D eigenvalue weighted by Gasteiger charge is -2.11. The summed E-state index contributed by atoms with van der Waals surface area (Å²) in [5.74, 6) is -1.27. The summed E-state index contributed by atoms with van der Waals surface area (Å²) < 4.78 is 50.6. The number of benzene rings is 1. The van der Waals surface area contributed by atoms with E-state index in [9.17, 15) is 17.6 Å². The predicted molar refractivity (Wildman–Crippen MR) is 64.0 cm³/mol. The van der Waals surface area contributed by atoms with Gasteiger partial charge in [-0.25, -0.2) is 4.39 Å². The van der Waals surface area contributed by atoms with Gasteiger partial charge < -0.3 is 0 Å². The standard InChI is InChI=1S/C12H9F4NS/c1-6-7(2)18-11(17-6)8-3-4-9(10(13)5-8)12(14,15)16/h3-5,11H,2H2,1H3. The Balaban J connectivity index is 2.34. The molecule has 0 amide bonds. The molecule has 1 aliphatic heterocycles. The summed E-state index contributed by atoms with van der Waals surface area (Å²) in [6.45, 7) is 5.51. The van der Waals surface area contributed by atoms with Crippen LogP contribution in [0.2, 0.25) is 0 Å². The maximum absolute atomic E-state index is 13.4. The molecule has 1 aromatic carbocycles. The van der Waals surface area contributed by atoms with Gasteiger partial charge in [0, 0.05) is 10.6 Å². The number of halogens is 4. The van der Waals surface area contributed by atoms with E-state index < -0.39 is 22.9 Å². The van der Waals surface area contributed by atoms with Crippen molar-refractivity contribution < 1.29 is 17.6 Å². The summed E-state index contributed by atoms with van der Waals surface area (Å²) in [5, 5.41) is -0.408. The minimum atomic E-state index is -4.67. The second-order valence-corrected chi connectivity index (χ2v) is 5.02. The van der Waals surface area contributed by atoms with Gasteiger partial charge in [-0.05, 0) is 24.6 Å². The van der Waals surface area contributed by atoms with E-state index in [0.29, 0.717) is 5.56 Å². The molecule has 0 saturated heterocycles. The topological polar surface area (TPSA) is 12.4 Å². The van der Waals surface area contributed by atoms with E-state index in [4.69, 9.17) is 0 Å². The smallest absolute Gasteiger partial charge is 0.270 e. The zero-order valence-electron chi connectivity index (χ0n) is 9.38. The first kappa shape index (κ1) is 13.1. The third kappa shape index (κ3) is 2.43. The number of allylic oxidation sites excluding steroid dienone is 1. The van der Waals surface area contributed by atoms with Gasteiger partial charge in [0.05, 0.1) is 5.56 Å². The molecular formula is C12H9F4NS. The van der Waals surface area contributed by atoms with Crippen molar-refractivity contribution in [2.45, 2.75) is 18.5 Å². The molecular weight excluding hydrogens is 266 g/mol. The van der Waals surface area contributed by atoms with E-state index in [1.807, 2.05) is 0 Å². The molecule has 1 heterocycles. The van der Waals surface area contributed by atoms with Crippen molar-refractivity contribution in [1.82, 2.24) is 0 Å². The zero-order valence-corrected chi connectivity index (χ0v) is 10.2. The lowest BCUT2D eigenvalue weighted by atomic mass is 10.1. The predicted octanol–water partition coefficient (Wildman–Crippen LogP) is 4.56. The normalized spacial score (nSPS) is 20.2. The number of aliphatic imine (C=N–C) groups is 1. The Labute approximate surface area is 106 Å². The van der Waals surface area contributed by atoms with E-state index in [1.165, 1.54) is 17.8 Å². The number of nitrogens with zero attached hydrogens (tertiary/aromatic N) is 1. The third-order valence-electron chi connectivity index (χ3n) is 2.55. The maximum atomic E-state index is 13.4. The lowest BCUT2D eigenvalue weighted by molar-refractivity contribution is -0.140. The van der Waals surface area contributed by atoms with Crippen molar-refractivity contribution in [3.8, 4) is 0 Å². The monoisotopic (exact) mass is 275 g/mol. The van der Waals surface area contributed by atoms with Gasteiger partial charge >= 0.3 is 6.18 Å². The van der Waals surface area contributed by atoms with Gasteiger partial charge in [-0.3, -0.25) is 4.99 Å². The van der Waals surface area contributed by atoms with Gasteiger partial charge in [0.1, 0.15) is 11.2 Å². The van der Waals surface area contributed by atoms with Crippen LogP contribution in [0.1, 0.15) is 23.4 Å². The molecule has 96 valence electrons. The molecule has 1 nitrogen and oxygen atoms in total. The fraction of sp³-hybridized carbons (Fsp3) is 0.250. The van der Waals surface area contributed by atoms with Gasteiger partial charge in [-0.2, -0.15) is 13.2 Å². The number of thioether (sulfide) groups is 1. The summed E-state index contributed by atoms with van der Waals surface area (Å²) in [6.07, 6.45) is -4.67. The number of hydrogen-bond donors (Lipinski definition) is 0. The Bertz CT molecular complexity index is 533. The van der Waals surface area contributed by atoms with E-state index in [-0.39, 0.29) is 0 Å². The number of alkyl halides is 3. The molecule has 0 fully saturated rings. The Morgan fingerprint density at radius 3 is 2.44 bits per heavy atom. The van der Waals surface area contributed by atoms with Crippen molar-refractivity contribution in [1.29, 1.82) is 0 Å². The van der Waals surface area contributed by atoms with E-state index in [1.54, 1.807) is 6.92 Å². The fourth-order valence-electron chi connectivity index (χ4n) is 1.55. The van der Waals surface area contributed by atoms with E-state index >= 15 is 0 Å².